The largest absolute Gasteiger partial charge is 0.386 e. The monoisotopic (exact) mass is 355 g/mol. The molecule has 0 radical (unpaired) electrons. The van der Waals surface area contributed by atoms with Crippen molar-refractivity contribution in [2.75, 3.05) is 25.1 Å². The maximum absolute atomic E-state index is 12.1. The van der Waals surface area contributed by atoms with Gasteiger partial charge in [-0.1, -0.05) is 12.1 Å². The predicted octanol–water partition coefficient (Wildman–Crippen LogP) is 1.61. The van der Waals surface area contributed by atoms with Crippen LogP contribution < -0.4 is 5.32 Å². The number of hydrogen-bond acceptors (Lipinski definition) is 5. The third-order valence-electron chi connectivity index (χ3n) is 4.37. The van der Waals surface area contributed by atoms with E-state index in [1.165, 1.54) is 6.20 Å². The number of hydrogen-bond donors (Lipinski definition) is 2. The highest BCUT2D eigenvalue weighted by Crippen LogP contribution is 2.25. The highest BCUT2D eigenvalue weighted by Gasteiger charge is 2.33. The van der Waals surface area contributed by atoms with Crippen molar-refractivity contribution in [3.63, 3.8) is 0 Å². The Hall–Kier alpha value is -2.77. The maximum atomic E-state index is 12.1. The van der Waals surface area contributed by atoms with Crippen molar-refractivity contribution in [2.45, 2.75) is 19.1 Å². The molecule has 1 aliphatic heterocycles. The summed E-state index contributed by atoms with van der Waals surface area (Å²) in [5, 5.41) is 13.4. The van der Waals surface area contributed by atoms with Gasteiger partial charge in [0.05, 0.1) is 18.2 Å². The fraction of sp³-hybridized carbons (Fsp3) is 0.316. The molecule has 1 aliphatic rings. The molecule has 2 amide bonds. The molecule has 26 heavy (non-hydrogen) atoms. The number of aliphatic hydroxyl groups excluding tert-OH is 1. The number of benzene rings is 1. The van der Waals surface area contributed by atoms with Crippen LogP contribution in [0.3, 0.4) is 0 Å². The summed E-state index contributed by atoms with van der Waals surface area (Å²) in [7, 11) is 0. The van der Waals surface area contributed by atoms with Gasteiger partial charge in [0.1, 0.15) is 12.7 Å². The molecular weight excluding hydrogens is 334 g/mol. The van der Waals surface area contributed by atoms with E-state index < -0.39 is 12.1 Å². The van der Waals surface area contributed by atoms with Gasteiger partial charge in [-0.05, 0) is 36.8 Å². The number of pyridine rings is 1. The smallest absolute Gasteiger partial charge is 0.257 e. The summed E-state index contributed by atoms with van der Waals surface area (Å²) in [4.78, 5) is 29.6. The van der Waals surface area contributed by atoms with Gasteiger partial charge in [-0.15, -0.1) is 0 Å². The molecule has 2 aromatic rings. The van der Waals surface area contributed by atoms with Crippen molar-refractivity contribution in [3.05, 3.63) is 59.9 Å². The topological polar surface area (TPSA) is 91.8 Å². The first-order valence-electron chi connectivity index (χ1n) is 8.46. The number of aromatic nitrogens is 1. The van der Waals surface area contributed by atoms with Crippen LogP contribution in [0.1, 0.15) is 28.9 Å². The van der Waals surface area contributed by atoms with E-state index in [2.05, 4.69) is 10.3 Å². The number of likely N-dealkylation sites (N-methyl/N-ethyl adjacent to an activating group) is 1. The summed E-state index contributed by atoms with van der Waals surface area (Å²) in [6.45, 7) is 2.74. The molecule has 7 nitrogen and oxygen atoms in total. The molecule has 136 valence electrons. The number of aliphatic hydroxyl groups is 1. The summed E-state index contributed by atoms with van der Waals surface area (Å²) in [5.41, 5.74) is 1.73. The molecule has 1 saturated heterocycles. The Morgan fingerprint density at radius 1 is 1.38 bits per heavy atom. The van der Waals surface area contributed by atoms with Gasteiger partial charge in [-0.3, -0.25) is 14.6 Å². The summed E-state index contributed by atoms with van der Waals surface area (Å²) in [6.07, 6.45) is 2.24. The Bertz CT molecular complexity index is 764. The Labute approximate surface area is 151 Å². The van der Waals surface area contributed by atoms with Crippen LogP contribution in [-0.2, 0) is 9.53 Å². The van der Waals surface area contributed by atoms with Gasteiger partial charge in [0.15, 0.2) is 0 Å². The van der Waals surface area contributed by atoms with Gasteiger partial charge in [-0.2, -0.15) is 0 Å². The van der Waals surface area contributed by atoms with Crippen LogP contribution in [0.2, 0.25) is 0 Å². The van der Waals surface area contributed by atoms with Crippen molar-refractivity contribution < 1.29 is 19.4 Å². The molecule has 2 heterocycles. The first kappa shape index (κ1) is 18.0. The molecular formula is C19H21N3O4. The van der Waals surface area contributed by atoms with Gasteiger partial charge in [0, 0.05) is 24.6 Å². The standard InChI is InChI=1S/C19H21N3O4/c1-2-22-16(11-26-12-17(22)23)18(24)13-5-7-15(8-6-13)21-19(25)14-4-3-9-20-10-14/h3-10,16,18,24H,2,11-12H2,1H3,(H,21,25)/t16-,18-/m1/s1. The summed E-state index contributed by atoms with van der Waals surface area (Å²) in [5.74, 6) is -0.377. The molecule has 0 unspecified atom stereocenters. The third kappa shape index (κ3) is 3.89. The summed E-state index contributed by atoms with van der Waals surface area (Å²) < 4.78 is 5.28. The number of rotatable bonds is 5. The lowest BCUT2D eigenvalue weighted by Gasteiger charge is -2.37. The third-order valence-corrected chi connectivity index (χ3v) is 4.37. The number of amides is 2. The molecule has 0 aliphatic carbocycles. The first-order chi connectivity index (χ1) is 12.6. The van der Waals surface area contributed by atoms with Gasteiger partial charge in [-0.25, -0.2) is 0 Å². The van der Waals surface area contributed by atoms with E-state index in [1.54, 1.807) is 47.5 Å². The van der Waals surface area contributed by atoms with Crippen LogP contribution in [0.15, 0.2) is 48.8 Å². The molecule has 0 saturated carbocycles. The van der Waals surface area contributed by atoms with Crippen LogP contribution in [0.4, 0.5) is 5.69 Å². The fourth-order valence-corrected chi connectivity index (χ4v) is 2.98. The molecule has 1 fully saturated rings. The van der Waals surface area contributed by atoms with Crippen LogP contribution in [-0.4, -0.2) is 52.6 Å². The van der Waals surface area contributed by atoms with E-state index >= 15 is 0 Å². The zero-order valence-corrected chi connectivity index (χ0v) is 14.5. The highest BCUT2D eigenvalue weighted by atomic mass is 16.5. The van der Waals surface area contributed by atoms with Crippen LogP contribution in [0.5, 0.6) is 0 Å². The zero-order valence-electron chi connectivity index (χ0n) is 14.5. The van der Waals surface area contributed by atoms with Crippen LogP contribution in [0.25, 0.3) is 0 Å². The van der Waals surface area contributed by atoms with E-state index in [4.69, 9.17) is 4.74 Å². The minimum absolute atomic E-state index is 0.0520. The number of carbonyl (C=O) groups is 2. The lowest BCUT2D eigenvalue weighted by molar-refractivity contribution is -0.153. The summed E-state index contributed by atoms with van der Waals surface area (Å²) >= 11 is 0. The quantitative estimate of drug-likeness (QED) is 0.850. The Balaban J connectivity index is 1.69. The molecule has 1 aromatic carbocycles. The minimum Gasteiger partial charge on any atom is -0.386 e. The molecule has 2 N–H and O–H groups in total. The van der Waals surface area contributed by atoms with E-state index in [-0.39, 0.29) is 18.4 Å². The SMILES string of the molecule is CCN1C(=O)COC[C@@H]1[C@H](O)c1ccc(NC(=O)c2cccnc2)cc1. The minimum atomic E-state index is -0.859. The van der Waals surface area contributed by atoms with Gasteiger partial charge in [0.25, 0.3) is 5.91 Å². The Morgan fingerprint density at radius 2 is 2.15 bits per heavy atom. The molecule has 0 bridgehead atoms. The van der Waals surface area contributed by atoms with E-state index in [0.717, 1.165) is 0 Å². The molecule has 3 rings (SSSR count). The van der Waals surface area contributed by atoms with Crippen molar-refractivity contribution in [3.8, 4) is 0 Å². The Kier molecular flexibility index (Phi) is 5.60. The molecule has 0 spiro atoms. The van der Waals surface area contributed by atoms with E-state index in [0.29, 0.717) is 30.0 Å². The van der Waals surface area contributed by atoms with Crippen molar-refractivity contribution in [1.29, 1.82) is 0 Å². The summed E-state index contributed by atoms with van der Waals surface area (Å²) in [6, 6.07) is 9.86. The second kappa shape index (κ2) is 8.07. The average molecular weight is 355 g/mol. The van der Waals surface area contributed by atoms with E-state index in [9.17, 15) is 14.7 Å². The lowest BCUT2D eigenvalue weighted by atomic mass is 10.00. The number of anilines is 1. The van der Waals surface area contributed by atoms with E-state index in [1.807, 2.05) is 6.92 Å². The van der Waals surface area contributed by atoms with Gasteiger partial charge in [0.2, 0.25) is 5.91 Å². The van der Waals surface area contributed by atoms with Crippen molar-refractivity contribution >= 4 is 17.5 Å². The number of nitrogens with one attached hydrogen (secondary N) is 1. The number of carbonyl (C=O) groups excluding carboxylic acids is 2. The van der Waals surface area contributed by atoms with Gasteiger partial charge < -0.3 is 20.1 Å². The van der Waals surface area contributed by atoms with Crippen molar-refractivity contribution in [1.82, 2.24) is 9.88 Å². The normalized spacial score (nSPS) is 18.5. The highest BCUT2D eigenvalue weighted by molar-refractivity contribution is 6.04. The van der Waals surface area contributed by atoms with Crippen molar-refractivity contribution in [2.24, 2.45) is 0 Å². The average Bonchev–Trinajstić information content (AvgIpc) is 2.68. The van der Waals surface area contributed by atoms with Gasteiger partial charge >= 0.3 is 0 Å². The maximum Gasteiger partial charge on any atom is 0.257 e. The number of ether oxygens (including phenoxy) is 1. The molecule has 2 atom stereocenters. The van der Waals surface area contributed by atoms with Crippen LogP contribution >= 0.6 is 0 Å². The second-order valence-corrected chi connectivity index (χ2v) is 6.02. The second-order valence-electron chi connectivity index (χ2n) is 6.02. The molecule has 1 aromatic heterocycles. The van der Waals surface area contributed by atoms with Crippen LogP contribution in [0, 0.1) is 0 Å². The Morgan fingerprint density at radius 3 is 2.81 bits per heavy atom. The number of morpholine rings is 1. The number of nitrogens with zero attached hydrogens (tertiary/aromatic N) is 2. The lowest BCUT2D eigenvalue weighted by Crippen LogP contribution is -2.51. The first-order valence-corrected chi connectivity index (χ1v) is 8.46. The zero-order chi connectivity index (χ0) is 18.5. The fourth-order valence-electron chi connectivity index (χ4n) is 2.98. The predicted molar refractivity (Wildman–Crippen MR) is 95.6 cm³/mol. The molecule has 7 heteroatoms.